The first kappa shape index (κ1) is 15.0. The first-order valence-electron chi connectivity index (χ1n) is 6.24. The number of carbonyl (C=O) groups is 2. The first-order valence-corrected chi connectivity index (χ1v) is 6.24. The van der Waals surface area contributed by atoms with E-state index in [1.807, 2.05) is 20.8 Å². The van der Waals surface area contributed by atoms with Gasteiger partial charge in [-0.05, 0) is 12.8 Å². The molecule has 1 heterocycles. The molecule has 106 valence electrons. The maximum Gasteiger partial charge on any atom is 0.276 e. The third-order valence-corrected chi connectivity index (χ3v) is 2.71. The number of anilines is 1. The smallest absolute Gasteiger partial charge is 0.276 e. The zero-order valence-electron chi connectivity index (χ0n) is 11.8. The van der Waals surface area contributed by atoms with Gasteiger partial charge in [-0.3, -0.25) is 14.7 Å². The first-order chi connectivity index (χ1) is 8.88. The second-order valence-corrected chi connectivity index (χ2v) is 4.67. The van der Waals surface area contributed by atoms with Crippen LogP contribution in [0.25, 0.3) is 0 Å². The van der Waals surface area contributed by atoms with Crippen LogP contribution in [-0.2, 0) is 4.79 Å². The van der Waals surface area contributed by atoms with Crippen molar-refractivity contribution < 1.29 is 9.59 Å². The predicted molar refractivity (Wildman–Crippen MR) is 72.7 cm³/mol. The maximum absolute atomic E-state index is 12.1. The van der Waals surface area contributed by atoms with E-state index < -0.39 is 0 Å². The molecule has 1 aromatic rings. The Hall–Kier alpha value is -2.05. The zero-order chi connectivity index (χ0) is 14.6. The minimum Gasteiger partial charge on any atom is -0.395 e. The molecule has 0 aliphatic carbocycles. The summed E-state index contributed by atoms with van der Waals surface area (Å²) in [7, 11) is 1.54. The molecule has 0 saturated heterocycles. The molecular weight excluding hydrogens is 246 g/mol. The minimum atomic E-state index is -0.369. The highest BCUT2D eigenvalue weighted by atomic mass is 16.2. The van der Waals surface area contributed by atoms with Gasteiger partial charge in [0.05, 0.1) is 17.9 Å². The Labute approximate surface area is 112 Å². The quantitative estimate of drug-likeness (QED) is 0.714. The van der Waals surface area contributed by atoms with Gasteiger partial charge in [0.1, 0.15) is 0 Å². The van der Waals surface area contributed by atoms with E-state index in [0.29, 0.717) is 12.2 Å². The number of rotatable bonds is 5. The molecule has 0 unspecified atom stereocenters. The van der Waals surface area contributed by atoms with Crippen LogP contribution < -0.4 is 11.1 Å². The van der Waals surface area contributed by atoms with Crippen molar-refractivity contribution in [2.75, 3.05) is 25.9 Å². The fourth-order valence-corrected chi connectivity index (χ4v) is 1.69. The van der Waals surface area contributed by atoms with Crippen LogP contribution in [0, 0.1) is 0 Å². The molecule has 0 aromatic carbocycles. The number of nitrogens with zero attached hydrogens (tertiary/aromatic N) is 2. The molecule has 0 aliphatic heterocycles. The van der Waals surface area contributed by atoms with Crippen LogP contribution in [0.5, 0.6) is 0 Å². The van der Waals surface area contributed by atoms with Crippen LogP contribution in [0.4, 0.5) is 5.69 Å². The Morgan fingerprint density at radius 3 is 2.58 bits per heavy atom. The second kappa shape index (κ2) is 6.21. The number of hydrogen-bond donors (Lipinski definition) is 3. The van der Waals surface area contributed by atoms with Crippen molar-refractivity contribution in [3.05, 3.63) is 11.4 Å². The third kappa shape index (κ3) is 3.46. The molecule has 0 atom stereocenters. The highest BCUT2D eigenvalue weighted by Crippen LogP contribution is 2.22. The lowest BCUT2D eigenvalue weighted by atomic mass is 10.1. The van der Waals surface area contributed by atoms with Crippen molar-refractivity contribution in [3.63, 3.8) is 0 Å². The number of nitrogens with one attached hydrogen (secondary N) is 2. The molecule has 7 heteroatoms. The van der Waals surface area contributed by atoms with Crippen LogP contribution in [0.15, 0.2) is 0 Å². The molecule has 0 radical (unpaired) electrons. The maximum atomic E-state index is 12.1. The van der Waals surface area contributed by atoms with Gasteiger partial charge in [0, 0.05) is 13.6 Å². The van der Waals surface area contributed by atoms with Crippen molar-refractivity contribution >= 4 is 17.5 Å². The zero-order valence-corrected chi connectivity index (χ0v) is 11.8. The largest absolute Gasteiger partial charge is 0.395 e. The van der Waals surface area contributed by atoms with Gasteiger partial charge in [-0.25, -0.2) is 0 Å². The van der Waals surface area contributed by atoms with E-state index >= 15 is 0 Å². The van der Waals surface area contributed by atoms with Gasteiger partial charge in [0.2, 0.25) is 5.91 Å². The topological polar surface area (TPSA) is 104 Å². The number of aromatic nitrogens is 2. The molecule has 4 N–H and O–H groups in total. The third-order valence-electron chi connectivity index (χ3n) is 2.71. The lowest BCUT2D eigenvalue weighted by Gasteiger charge is -2.15. The molecule has 7 nitrogen and oxygen atoms in total. The highest BCUT2D eigenvalue weighted by Gasteiger charge is 2.22. The minimum absolute atomic E-state index is 0.0179. The molecule has 0 bridgehead atoms. The van der Waals surface area contributed by atoms with E-state index in [1.54, 1.807) is 7.05 Å². The predicted octanol–water partition coefficient (Wildman–Crippen LogP) is 0.323. The number of likely N-dealkylation sites (N-methyl/N-ethyl adjacent to an activating group) is 2. The number of hydrogen-bond acceptors (Lipinski definition) is 4. The Morgan fingerprint density at radius 2 is 2.11 bits per heavy atom. The summed E-state index contributed by atoms with van der Waals surface area (Å²) >= 11 is 0. The Kier molecular flexibility index (Phi) is 4.91. The molecule has 1 aromatic heterocycles. The van der Waals surface area contributed by atoms with Gasteiger partial charge < -0.3 is 16.0 Å². The lowest BCUT2D eigenvalue weighted by molar-refractivity contribution is -0.121. The normalized spacial score (nSPS) is 10.6. The number of nitrogen functional groups attached to an aromatic ring is 1. The fraction of sp³-hybridized carbons (Fsp3) is 0.583. The van der Waals surface area contributed by atoms with Crippen molar-refractivity contribution in [1.29, 1.82) is 0 Å². The van der Waals surface area contributed by atoms with E-state index in [9.17, 15) is 9.59 Å². The molecule has 0 aliphatic rings. The van der Waals surface area contributed by atoms with Gasteiger partial charge in [0.25, 0.3) is 5.91 Å². The average molecular weight is 267 g/mol. The SMILES string of the molecule is CCNC(=O)CN(C)C(=O)c1n[nH]c(C(C)C)c1N. The Bertz CT molecular complexity index is 467. The number of amides is 2. The standard InChI is InChI=1S/C12H21N5O2/c1-5-14-8(18)6-17(4)12(19)11-9(13)10(7(2)3)15-16-11/h7H,5-6,13H2,1-4H3,(H,14,18)(H,15,16). The molecule has 0 spiro atoms. The summed E-state index contributed by atoms with van der Waals surface area (Å²) in [5.74, 6) is -0.425. The summed E-state index contributed by atoms with van der Waals surface area (Å²) < 4.78 is 0. The van der Waals surface area contributed by atoms with E-state index in [0.717, 1.165) is 5.69 Å². The van der Waals surface area contributed by atoms with Gasteiger partial charge in [-0.1, -0.05) is 13.8 Å². The summed E-state index contributed by atoms with van der Waals surface area (Å²) in [6.45, 7) is 6.24. The summed E-state index contributed by atoms with van der Waals surface area (Å²) in [5.41, 5.74) is 7.13. The van der Waals surface area contributed by atoms with E-state index in [-0.39, 0.29) is 30.0 Å². The van der Waals surface area contributed by atoms with Crippen LogP contribution >= 0.6 is 0 Å². The van der Waals surface area contributed by atoms with Gasteiger partial charge in [-0.2, -0.15) is 5.10 Å². The molecule has 0 fully saturated rings. The number of aromatic amines is 1. The Balaban J connectivity index is 2.80. The van der Waals surface area contributed by atoms with E-state index in [4.69, 9.17) is 5.73 Å². The van der Waals surface area contributed by atoms with Gasteiger partial charge in [0.15, 0.2) is 5.69 Å². The van der Waals surface area contributed by atoms with Crippen molar-refractivity contribution in [1.82, 2.24) is 20.4 Å². The van der Waals surface area contributed by atoms with E-state index in [1.165, 1.54) is 4.90 Å². The van der Waals surface area contributed by atoms with Crippen molar-refractivity contribution in [2.45, 2.75) is 26.7 Å². The highest BCUT2D eigenvalue weighted by molar-refractivity contribution is 5.99. The molecule has 0 saturated carbocycles. The van der Waals surface area contributed by atoms with Crippen LogP contribution in [0.1, 0.15) is 42.9 Å². The summed E-state index contributed by atoms with van der Waals surface area (Å²) in [6, 6.07) is 0. The van der Waals surface area contributed by atoms with Gasteiger partial charge >= 0.3 is 0 Å². The van der Waals surface area contributed by atoms with Crippen LogP contribution in [0.2, 0.25) is 0 Å². The number of carbonyl (C=O) groups excluding carboxylic acids is 2. The van der Waals surface area contributed by atoms with E-state index in [2.05, 4.69) is 15.5 Å². The molecule has 1 rings (SSSR count). The fourth-order valence-electron chi connectivity index (χ4n) is 1.69. The number of H-pyrrole nitrogens is 1. The van der Waals surface area contributed by atoms with Gasteiger partial charge in [-0.15, -0.1) is 0 Å². The number of nitrogens with two attached hydrogens (primary N) is 1. The summed E-state index contributed by atoms with van der Waals surface area (Å²) in [4.78, 5) is 24.8. The molecule has 2 amide bonds. The molecular formula is C12H21N5O2. The van der Waals surface area contributed by atoms with Crippen LogP contribution in [-0.4, -0.2) is 47.0 Å². The average Bonchev–Trinajstić information content (AvgIpc) is 2.70. The van der Waals surface area contributed by atoms with Crippen molar-refractivity contribution in [2.24, 2.45) is 0 Å². The molecule has 19 heavy (non-hydrogen) atoms. The second-order valence-electron chi connectivity index (χ2n) is 4.67. The lowest BCUT2D eigenvalue weighted by Crippen LogP contribution is -2.38. The van der Waals surface area contributed by atoms with Crippen LogP contribution in [0.3, 0.4) is 0 Å². The Morgan fingerprint density at radius 1 is 1.47 bits per heavy atom. The summed E-state index contributed by atoms with van der Waals surface area (Å²) in [5, 5.41) is 9.33. The summed E-state index contributed by atoms with van der Waals surface area (Å²) in [6.07, 6.45) is 0. The van der Waals surface area contributed by atoms with Crippen molar-refractivity contribution in [3.8, 4) is 0 Å². The monoisotopic (exact) mass is 267 g/mol.